The fraction of sp³-hybridized carbons (Fsp3) is 0.312. The van der Waals surface area contributed by atoms with E-state index in [0.717, 1.165) is 0 Å². The van der Waals surface area contributed by atoms with Gasteiger partial charge in [-0.15, -0.1) is 0 Å². The third kappa shape index (κ3) is 4.96. The number of hydrogen-bond acceptors (Lipinski definition) is 9. The molecule has 2 aromatic heterocycles. The molecule has 0 saturated carbocycles. The molecule has 28 heavy (non-hydrogen) atoms. The van der Waals surface area contributed by atoms with E-state index in [9.17, 15) is 9.46 Å². The van der Waals surface area contributed by atoms with Gasteiger partial charge in [0.2, 0.25) is 5.95 Å². The van der Waals surface area contributed by atoms with Crippen molar-refractivity contribution in [3.05, 3.63) is 36.7 Å². The molecule has 11 nitrogen and oxygen atoms in total. The SMILES string of the molecule is COCC(Cn1cnc2c(N)nc(N)nc21)OCP(=O)(O)Oc1ccccc1. The third-order valence-electron chi connectivity index (χ3n) is 3.73. The Hall–Kier alpha value is -2.72. The van der Waals surface area contributed by atoms with E-state index >= 15 is 0 Å². The van der Waals surface area contributed by atoms with Gasteiger partial charge >= 0.3 is 7.60 Å². The number of nitrogen functional groups attached to an aromatic ring is 2. The predicted octanol–water partition coefficient (Wildman–Crippen LogP) is 1.24. The third-order valence-corrected chi connectivity index (χ3v) is 4.70. The van der Waals surface area contributed by atoms with Gasteiger partial charge in [0.15, 0.2) is 17.8 Å². The van der Waals surface area contributed by atoms with E-state index in [1.165, 1.54) is 13.4 Å². The Bertz CT molecular complexity index is 982. The van der Waals surface area contributed by atoms with Gasteiger partial charge in [0.25, 0.3) is 0 Å². The number of rotatable bonds is 9. The van der Waals surface area contributed by atoms with Crippen LogP contribution in [0.25, 0.3) is 11.2 Å². The average Bonchev–Trinajstić information content (AvgIpc) is 3.03. The first-order valence-electron chi connectivity index (χ1n) is 8.29. The Kier molecular flexibility index (Phi) is 6.10. The summed E-state index contributed by atoms with van der Waals surface area (Å²) in [6, 6.07) is 8.35. The van der Waals surface area contributed by atoms with Crippen LogP contribution in [0.2, 0.25) is 0 Å². The molecule has 0 saturated heterocycles. The summed E-state index contributed by atoms with van der Waals surface area (Å²) in [6.07, 6.45) is 0.432. The zero-order valence-electron chi connectivity index (χ0n) is 15.1. The van der Waals surface area contributed by atoms with Gasteiger partial charge in [0.1, 0.15) is 11.3 Å². The van der Waals surface area contributed by atoms with Crippen molar-refractivity contribution in [2.45, 2.75) is 12.6 Å². The Balaban J connectivity index is 1.69. The molecule has 2 atom stereocenters. The van der Waals surface area contributed by atoms with Crippen LogP contribution in [-0.4, -0.2) is 50.6 Å². The van der Waals surface area contributed by atoms with Gasteiger partial charge in [-0.05, 0) is 12.1 Å². The lowest BCUT2D eigenvalue weighted by atomic mass is 10.3. The molecule has 3 rings (SSSR count). The molecule has 1 aromatic carbocycles. The summed E-state index contributed by atoms with van der Waals surface area (Å²) in [5.74, 6) is 0.470. The highest BCUT2D eigenvalue weighted by atomic mass is 31.2. The Morgan fingerprint density at radius 3 is 2.71 bits per heavy atom. The van der Waals surface area contributed by atoms with Crippen molar-refractivity contribution >= 4 is 30.5 Å². The standard InChI is InChI=1S/C16H21N6O5P/c1-25-8-12(26-10-28(23,24)27-11-5-3-2-4-6-11)7-22-9-19-13-14(17)20-16(18)21-15(13)22/h2-6,9,12H,7-8,10H2,1H3,(H,23,24)(H4,17,18,20,21). The van der Waals surface area contributed by atoms with Crippen LogP contribution in [0.5, 0.6) is 5.75 Å². The second kappa shape index (κ2) is 8.53. The number of aromatic nitrogens is 4. The van der Waals surface area contributed by atoms with Gasteiger partial charge in [-0.1, -0.05) is 18.2 Å². The number of imidazole rings is 1. The lowest BCUT2D eigenvalue weighted by molar-refractivity contribution is 0.00455. The molecule has 3 aromatic rings. The maximum Gasteiger partial charge on any atom is 0.402 e. The van der Waals surface area contributed by atoms with Crippen LogP contribution in [0.4, 0.5) is 11.8 Å². The zero-order chi connectivity index (χ0) is 20.1. The molecular formula is C16H21N6O5P. The summed E-state index contributed by atoms with van der Waals surface area (Å²) in [4.78, 5) is 22.2. The highest BCUT2D eigenvalue weighted by Gasteiger charge is 2.25. The molecule has 0 aliphatic carbocycles. The van der Waals surface area contributed by atoms with Crippen molar-refractivity contribution in [3.63, 3.8) is 0 Å². The van der Waals surface area contributed by atoms with E-state index in [-0.39, 0.29) is 30.7 Å². The fourth-order valence-corrected chi connectivity index (χ4v) is 3.45. The van der Waals surface area contributed by atoms with Crippen LogP contribution in [-0.2, 0) is 20.6 Å². The van der Waals surface area contributed by atoms with Crippen molar-refractivity contribution in [2.24, 2.45) is 0 Å². The number of hydrogen-bond donors (Lipinski definition) is 3. The van der Waals surface area contributed by atoms with Crippen LogP contribution in [0.15, 0.2) is 36.7 Å². The minimum absolute atomic E-state index is 0.0204. The first-order valence-corrected chi connectivity index (χ1v) is 10.0. The maximum absolute atomic E-state index is 12.3. The summed E-state index contributed by atoms with van der Waals surface area (Å²) in [6.45, 7) is 0.409. The lowest BCUT2D eigenvalue weighted by Gasteiger charge is -2.20. The van der Waals surface area contributed by atoms with Crippen molar-refractivity contribution in [3.8, 4) is 5.75 Å². The molecule has 150 valence electrons. The predicted molar refractivity (Wildman–Crippen MR) is 103 cm³/mol. The summed E-state index contributed by atoms with van der Waals surface area (Å²) in [5.41, 5.74) is 12.3. The largest absolute Gasteiger partial charge is 0.423 e. The second-order valence-electron chi connectivity index (χ2n) is 5.95. The molecular weight excluding hydrogens is 387 g/mol. The van der Waals surface area contributed by atoms with Crippen LogP contribution >= 0.6 is 7.60 Å². The minimum atomic E-state index is -4.01. The van der Waals surface area contributed by atoms with Gasteiger partial charge in [0, 0.05) is 7.11 Å². The van der Waals surface area contributed by atoms with Crippen molar-refractivity contribution < 1.29 is 23.5 Å². The first kappa shape index (κ1) is 20.0. The number of para-hydroxylation sites is 1. The molecule has 0 fully saturated rings. The van der Waals surface area contributed by atoms with Gasteiger partial charge < -0.3 is 34.9 Å². The summed E-state index contributed by atoms with van der Waals surface area (Å²) >= 11 is 0. The highest BCUT2D eigenvalue weighted by molar-refractivity contribution is 7.53. The molecule has 2 unspecified atom stereocenters. The van der Waals surface area contributed by atoms with E-state index < -0.39 is 20.0 Å². The number of nitrogens with zero attached hydrogens (tertiary/aromatic N) is 4. The first-order chi connectivity index (χ1) is 13.4. The molecule has 0 spiro atoms. The minimum Gasteiger partial charge on any atom is -0.423 e. The van der Waals surface area contributed by atoms with E-state index in [0.29, 0.717) is 11.2 Å². The molecule has 0 aliphatic heterocycles. The molecule has 12 heteroatoms. The van der Waals surface area contributed by atoms with Gasteiger partial charge in [-0.3, -0.25) is 0 Å². The van der Waals surface area contributed by atoms with E-state index in [1.54, 1.807) is 34.9 Å². The molecule has 2 heterocycles. The van der Waals surface area contributed by atoms with Crippen LogP contribution in [0.3, 0.4) is 0 Å². The van der Waals surface area contributed by atoms with Crippen LogP contribution in [0, 0.1) is 0 Å². The van der Waals surface area contributed by atoms with Crippen molar-refractivity contribution in [1.82, 2.24) is 19.5 Å². The van der Waals surface area contributed by atoms with Gasteiger partial charge in [-0.2, -0.15) is 9.97 Å². The summed E-state index contributed by atoms with van der Waals surface area (Å²) in [5, 5.41) is 0. The van der Waals surface area contributed by atoms with Crippen molar-refractivity contribution in [2.75, 3.05) is 31.5 Å². The molecule has 5 N–H and O–H groups in total. The number of anilines is 2. The smallest absolute Gasteiger partial charge is 0.402 e. The monoisotopic (exact) mass is 408 g/mol. The number of methoxy groups -OCH3 is 1. The quantitative estimate of drug-likeness (QED) is 0.439. The average molecular weight is 408 g/mol. The Labute approximate surface area is 160 Å². The Morgan fingerprint density at radius 1 is 1.25 bits per heavy atom. The maximum atomic E-state index is 12.3. The number of fused-ring (bicyclic) bond motifs is 1. The van der Waals surface area contributed by atoms with E-state index in [2.05, 4.69) is 15.0 Å². The topological polar surface area (TPSA) is 161 Å². The fourth-order valence-electron chi connectivity index (χ4n) is 2.55. The molecule has 0 aliphatic rings. The van der Waals surface area contributed by atoms with Crippen LogP contribution in [0.1, 0.15) is 0 Å². The highest BCUT2D eigenvalue weighted by Crippen LogP contribution is 2.42. The van der Waals surface area contributed by atoms with Gasteiger partial charge in [0.05, 0.1) is 25.6 Å². The Morgan fingerprint density at radius 2 is 2.00 bits per heavy atom. The number of nitrogens with two attached hydrogens (primary N) is 2. The number of benzene rings is 1. The van der Waals surface area contributed by atoms with Crippen molar-refractivity contribution in [1.29, 1.82) is 0 Å². The summed E-state index contributed by atoms with van der Waals surface area (Å²) in [7, 11) is -2.51. The molecule has 0 bridgehead atoms. The molecule has 0 radical (unpaired) electrons. The molecule has 0 amide bonds. The zero-order valence-corrected chi connectivity index (χ0v) is 16.0. The normalized spacial score (nSPS) is 14.6. The van der Waals surface area contributed by atoms with Gasteiger partial charge in [-0.25, -0.2) is 9.55 Å². The second-order valence-corrected chi connectivity index (χ2v) is 7.67. The van der Waals surface area contributed by atoms with E-state index in [1.807, 2.05) is 0 Å². The van der Waals surface area contributed by atoms with Crippen LogP contribution < -0.4 is 16.0 Å². The number of ether oxygens (including phenoxy) is 2. The summed E-state index contributed by atoms with van der Waals surface area (Å²) < 4.78 is 29.8. The lowest BCUT2D eigenvalue weighted by Crippen LogP contribution is -2.26. The van der Waals surface area contributed by atoms with E-state index in [4.69, 9.17) is 25.5 Å².